The molecule has 2 heterocycles. The summed E-state index contributed by atoms with van der Waals surface area (Å²) in [5.41, 5.74) is 1.06. The summed E-state index contributed by atoms with van der Waals surface area (Å²) in [7, 11) is 0. The molecule has 0 radical (unpaired) electrons. The van der Waals surface area contributed by atoms with Gasteiger partial charge in [0.1, 0.15) is 5.75 Å². The molecule has 1 amide bonds. The second kappa shape index (κ2) is 5.53. The van der Waals surface area contributed by atoms with Crippen LogP contribution in [0.1, 0.15) is 24.3 Å². The first kappa shape index (κ1) is 13.0. The van der Waals surface area contributed by atoms with Gasteiger partial charge in [0.15, 0.2) is 0 Å². The maximum Gasteiger partial charge on any atom is 0.230 e. The molecule has 0 N–H and O–H groups in total. The van der Waals surface area contributed by atoms with Crippen molar-refractivity contribution < 1.29 is 9.53 Å². The highest BCUT2D eigenvalue weighted by Gasteiger charge is 2.34. The average Bonchev–Trinajstić information content (AvgIpc) is 2.95. The van der Waals surface area contributed by atoms with Gasteiger partial charge in [-0.15, -0.1) is 0 Å². The fourth-order valence-electron chi connectivity index (χ4n) is 2.98. The van der Waals surface area contributed by atoms with E-state index < -0.39 is 0 Å². The largest absolute Gasteiger partial charge is 0.493 e. The van der Waals surface area contributed by atoms with Gasteiger partial charge in [-0.3, -0.25) is 4.79 Å². The number of likely N-dealkylation sites (tertiary alicyclic amines) is 1. The molecule has 0 bridgehead atoms. The van der Waals surface area contributed by atoms with Crippen molar-refractivity contribution in [1.29, 1.82) is 0 Å². The quantitative estimate of drug-likeness (QED) is 0.783. The monoisotopic (exact) mass is 323 g/mol. The van der Waals surface area contributed by atoms with Crippen LogP contribution >= 0.6 is 15.9 Å². The summed E-state index contributed by atoms with van der Waals surface area (Å²) < 4.78 is 5.63. The third kappa shape index (κ3) is 2.50. The van der Waals surface area contributed by atoms with Crippen LogP contribution in [0.2, 0.25) is 0 Å². The van der Waals surface area contributed by atoms with E-state index in [1.54, 1.807) is 0 Å². The SMILES string of the molecule is O=C(C1CCOc2ccccc21)N1CCC(CBr)C1. The van der Waals surface area contributed by atoms with Crippen LogP contribution in [0.15, 0.2) is 24.3 Å². The smallest absolute Gasteiger partial charge is 0.230 e. The number of benzene rings is 1. The van der Waals surface area contributed by atoms with E-state index in [0.717, 1.165) is 42.6 Å². The van der Waals surface area contributed by atoms with Crippen LogP contribution in [0.4, 0.5) is 0 Å². The minimum Gasteiger partial charge on any atom is -0.493 e. The van der Waals surface area contributed by atoms with Gasteiger partial charge in [-0.25, -0.2) is 0 Å². The topological polar surface area (TPSA) is 29.5 Å². The molecule has 0 spiro atoms. The maximum absolute atomic E-state index is 12.7. The number of ether oxygens (including phenoxy) is 1. The Morgan fingerprint density at radius 2 is 2.21 bits per heavy atom. The molecule has 1 saturated heterocycles. The van der Waals surface area contributed by atoms with Crippen molar-refractivity contribution in [2.75, 3.05) is 25.0 Å². The van der Waals surface area contributed by atoms with E-state index in [9.17, 15) is 4.79 Å². The summed E-state index contributed by atoms with van der Waals surface area (Å²) in [4.78, 5) is 14.7. The van der Waals surface area contributed by atoms with E-state index >= 15 is 0 Å². The molecule has 1 fully saturated rings. The van der Waals surface area contributed by atoms with E-state index in [1.165, 1.54) is 0 Å². The van der Waals surface area contributed by atoms with Crippen LogP contribution in [0.25, 0.3) is 0 Å². The molecule has 2 atom stereocenters. The number of para-hydroxylation sites is 1. The number of amides is 1. The van der Waals surface area contributed by atoms with Gasteiger partial charge in [-0.05, 0) is 24.8 Å². The summed E-state index contributed by atoms with van der Waals surface area (Å²) in [6, 6.07) is 7.93. The lowest BCUT2D eigenvalue weighted by atomic mass is 9.92. The number of halogens is 1. The molecule has 2 aliphatic heterocycles. The van der Waals surface area contributed by atoms with Gasteiger partial charge in [0, 0.05) is 24.0 Å². The Balaban J connectivity index is 1.78. The number of hydrogen-bond acceptors (Lipinski definition) is 2. The molecular formula is C15H18BrNO2. The van der Waals surface area contributed by atoms with Crippen molar-refractivity contribution in [3.8, 4) is 5.75 Å². The highest BCUT2D eigenvalue weighted by Crippen LogP contribution is 2.35. The van der Waals surface area contributed by atoms with Crippen molar-refractivity contribution in [2.45, 2.75) is 18.8 Å². The van der Waals surface area contributed by atoms with E-state index in [-0.39, 0.29) is 11.8 Å². The predicted octanol–water partition coefficient (Wildman–Crippen LogP) is 2.80. The van der Waals surface area contributed by atoms with Crippen molar-refractivity contribution in [1.82, 2.24) is 4.90 Å². The summed E-state index contributed by atoms with van der Waals surface area (Å²) in [5.74, 6) is 1.75. The van der Waals surface area contributed by atoms with Crippen LogP contribution in [-0.4, -0.2) is 35.8 Å². The van der Waals surface area contributed by atoms with E-state index in [1.807, 2.05) is 29.2 Å². The summed E-state index contributed by atoms with van der Waals surface area (Å²) in [5, 5.41) is 0.987. The van der Waals surface area contributed by atoms with E-state index in [4.69, 9.17) is 4.74 Å². The van der Waals surface area contributed by atoms with Gasteiger partial charge in [0.2, 0.25) is 5.91 Å². The maximum atomic E-state index is 12.7. The molecule has 0 aromatic heterocycles. The fraction of sp³-hybridized carbons (Fsp3) is 0.533. The zero-order chi connectivity index (χ0) is 13.2. The Morgan fingerprint density at radius 1 is 1.37 bits per heavy atom. The Bertz CT molecular complexity index is 477. The van der Waals surface area contributed by atoms with Gasteiger partial charge in [0.25, 0.3) is 0 Å². The molecule has 19 heavy (non-hydrogen) atoms. The predicted molar refractivity (Wildman–Crippen MR) is 77.8 cm³/mol. The zero-order valence-electron chi connectivity index (χ0n) is 10.8. The molecule has 0 aliphatic carbocycles. The van der Waals surface area contributed by atoms with Crippen LogP contribution < -0.4 is 4.74 Å². The van der Waals surface area contributed by atoms with Gasteiger partial charge >= 0.3 is 0 Å². The van der Waals surface area contributed by atoms with E-state index in [2.05, 4.69) is 15.9 Å². The Kier molecular flexibility index (Phi) is 3.78. The lowest BCUT2D eigenvalue weighted by molar-refractivity contribution is -0.132. The third-order valence-corrected chi connectivity index (χ3v) is 4.99. The molecule has 1 aromatic rings. The molecule has 0 saturated carbocycles. The number of carbonyl (C=O) groups excluding carboxylic acids is 1. The first-order valence-electron chi connectivity index (χ1n) is 6.86. The Labute approximate surface area is 122 Å². The normalized spacial score (nSPS) is 25.8. The fourth-order valence-corrected chi connectivity index (χ4v) is 3.51. The number of fused-ring (bicyclic) bond motifs is 1. The number of alkyl halides is 1. The highest BCUT2D eigenvalue weighted by molar-refractivity contribution is 9.09. The molecule has 2 aliphatic rings. The number of carbonyl (C=O) groups is 1. The number of nitrogens with zero attached hydrogens (tertiary/aromatic N) is 1. The highest BCUT2D eigenvalue weighted by atomic mass is 79.9. The first-order valence-corrected chi connectivity index (χ1v) is 7.98. The Morgan fingerprint density at radius 3 is 3.00 bits per heavy atom. The number of rotatable bonds is 2. The molecule has 4 heteroatoms. The standard InChI is InChI=1S/C15H18BrNO2/c16-9-11-5-7-17(10-11)15(18)13-6-8-19-14-4-2-1-3-12(13)14/h1-4,11,13H,5-10H2. The van der Waals surface area contributed by atoms with E-state index in [0.29, 0.717) is 12.5 Å². The summed E-state index contributed by atoms with van der Waals surface area (Å²) in [6.45, 7) is 2.43. The van der Waals surface area contributed by atoms with Crippen LogP contribution in [-0.2, 0) is 4.79 Å². The lowest BCUT2D eigenvalue weighted by Gasteiger charge is -2.28. The Hall–Kier alpha value is -1.03. The van der Waals surface area contributed by atoms with Crippen molar-refractivity contribution in [3.05, 3.63) is 29.8 Å². The van der Waals surface area contributed by atoms with Crippen molar-refractivity contribution >= 4 is 21.8 Å². The summed E-state index contributed by atoms with van der Waals surface area (Å²) in [6.07, 6.45) is 1.91. The minimum atomic E-state index is -0.0148. The van der Waals surface area contributed by atoms with Gasteiger partial charge < -0.3 is 9.64 Å². The molecule has 3 rings (SSSR count). The molecular weight excluding hydrogens is 306 g/mol. The molecule has 2 unspecified atom stereocenters. The molecule has 3 nitrogen and oxygen atoms in total. The molecule has 102 valence electrons. The van der Waals surface area contributed by atoms with Gasteiger partial charge in [-0.2, -0.15) is 0 Å². The van der Waals surface area contributed by atoms with Gasteiger partial charge in [-0.1, -0.05) is 34.1 Å². The van der Waals surface area contributed by atoms with Crippen LogP contribution in [0.3, 0.4) is 0 Å². The number of hydrogen-bond donors (Lipinski definition) is 0. The molecule has 1 aromatic carbocycles. The lowest BCUT2D eigenvalue weighted by Crippen LogP contribution is -2.35. The summed E-state index contributed by atoms with van der Waals surface area (Å²) >= 11 is 3.52. The van der Waals surface area contributed by atoms with Crippen molar-refractivity contribution in [3.63, 3.8) is 0 Å². The average molecular weight is 324 g/mol. The van der Waals surface area contributed by atoms with Crippen LogP contribution in [0.5, 0.6) is 5.75 Å². The van der Waals surface area contributed by atoms with Gasteiger partial charge in [0.05, 0.1) is 12.5 Å². The van der Waals surface area contributed by atoms with Crippen LogP contribution in [0, 0.1) is 5.92 Å². The van der Waals surface area contributed by atoms with Crippen molar-refractivity contribution in [2.24, 2.45) is 5.92 Å². The second-order valence-electron chi connectivity index (χ2n) is 5.32. The second-order valence-corrected chi connectivity index (χ2v) is 5.97. The minimum absolute atomic E-state index is 0.0148. The zero-order valence-corrected chi connectivity index (χ0v) is 12.4. The first-order chi connectivity index (χ1) is 9.29. The third-order valence-electron chi connectivity index (χ3n) is 4.07.